The number of thiol groups is 3. The lowest BCUT2D eigenvalue weighted by Crippen LogP contribution is -2.04. The molecule has 0 aliphatic heterocycles. The predicted molar refractivity (Wildman–Crippen MR) is 184 cm³/mol. The van der Waals surface area contributed by atoms with E-state index >= 15 is 0 Å². The van der Waals surface area contributed by atoms with E-state index in [-0.39, 0.29) is 34.7 Å². The molecule has 0 N–H and O–H groups in total. The Kier molecular flexibility index (Phi) is 27.9. The second-order valence-corrected chi connectivity index (χ2v) is 20.1. The van der Waals surface area contributed by atoms with Crippen LogP contribution in [-0.4, -0.2) is 66.0 Å². The summed E-state index contributed by atoms with van der Waals surface area (Å²) in [4.78, 5) is 64.6. The highest BCUT2D eigenvalue weighted by Crippen LogP contribution is 2.16. The molecule has 210 valence electrons. The molecule has 6 nitrogen and oxygen atoms in total. The SMILES string of the molecule is CS.CSC.CSC1=CC(=O)C=CC1=O.CSC1=CC(=O)C=CC1=O.O=C1C=CC(=O)C=C1.S=S(=S)(S)S. The first-order valence-electron chi connectivity index (χ1n) is 9.71. The van der Waals surface area contributed by atoms with Crippen LogP contribution < -0.4 is 0 Å². The van der Waals surface area contributed by atoms with Crippen LogP contribution in [0, 0.1) is 0 Å². The minimum absolute atomic E-state index is 0.0768. The Balaban J connectivity index is -0.000000415. The van der Waals surface area contributed by atoms with Crippen molar-refractivity contribution in [2.45, 2.75) is 0 Å². The molecule has 38 heavy (non-hydrogen) atoms. The van der Waals surface area contributed by atoms with Gasteiger partial charge in [0.15, 0.2) is 34.7 Å². The molecule has 0 aromatic rings. The molecule has 0 atom stereocenters. The average Bonchev–Trinajstić information content (AvgIpc) is 2.85. The fourth-order valence-corrected chi connectivity index (χ4v) is 2.74. The van der Waals surface area contributed by atoms with Gasteiger partial charge < -0.3 is 0 Å². The fraction of sp³-hybridized carbons (Fsp3) is 0.217. The summed E-state index contributed by atoms with van der Waals surface area (Å²) < 4.78 is 0. The van der Waals surface area contributed by atoms with Crippen LogP contribution in [0.1, 0.15) is 0 Å². The zero-order valence-corrected chi connectivity index (χ0v) is 28.6. The van der Waals surface area contributed by atoms with Gasteiger partial charge in [-0.1, -0.05) is 23.3 Å². The molecular weight excluding hydrogens is 661 g/mol. The molecular formula is C23H28O6S9. The van der Waals surface area contributed by atoms with Crippen molar-refractivity contribution >= 4 is 134 Å². The third-order valence-corrected chi connectivity index (χ3v) is 4.61. The van der Waals surface area contributed by atoms with Crippen molar-refractivity contribution in [2.24, 2.45) is 0 Å². The number of carbonyl (C=O) groups is 6. The van der Waals surface area contributed by atoms with Crippen molar-refractivity contribution in [2.75, 3.05) is 31.3 Å². The zero-order valence-electron chi connectivity index (χ0n) is 21.0. The molecule has 3 aliphatic carbocycles. The molecule has 0 saturated carbocycles. The average molecular weight is 689 g/mol. The maximum atomic E-state index is 10.8. The van der Waals surface area contributed by atoms with E-state index in [0.29, 0.717) is 9.81 Å². The van der Waals surface area contributed by atoms with Gasteiger partial charge in [0.25, 0.3) is 0 Å². The van der Waals surface area contributed by atoms with Crippen molar-refractivity contribution in [1.82, 2.24) is 0 Å². The summed E-state index contributed by atoms with van der Waals surface area (Å²) in [7, 11) is 0. The number of hydrogen-bond acceptors (Lipinski definition) is 12. The number of allylic oxidation sites excluding steroid dienone is 12. The van der Waals surface area contributed by atoms with Gasteiger partial charge in [-0.05, 0) is 102 Å². The van der Waals surface area contributed by atoms with Crippen molar-refractivity contribution < 1.29 is 28.8 Å². The number of carbonyl (C=O) groups excluding carboxylic acids is 6. The van der Waals surface area contributed by atoms with Gasteiger partial charge in [-0.3, -0.25) is 28.8 Å². The highest BCUT2D eigenvalue weighted by Gasteiger charge is 2.11. The Bertz CT molecular complexity index is 1040. The second kappa shape index (κ2) is 25.3. The second-order valence-electron chi connectivity index (χ2n) is 5.95. The van der Waals surface area contributed by atoms with E-state index in [1.165, 1.54) is 84.3 Å². The molecule has 0 heterocycles. The zero-order chi connectivity index (χ0) is 30.3. The normalized spacial score (nSPS) is 15.1. The smallest absolute Gasteiger partial charge is 0.192 e. The molecule has 0 amide bonds. The molecule has 0 spiro atoms. The first-order chi connectivity index (χ1) is 17.7. The van der Waals surface area contributed by atoms with Gasteiger partial charge in [0.1, 0.15) is 0 Å². The topological polar surface area (TPSA) is 102 Å². The van der Waals surface area contributed by atoms with Gasteiger partial charge >= 0.3 is 0 Å². The van der Waals surface area contributed by atoms with E-state index in [1.807, 2.05) is 12.5 Å². The van der Waals surface area contributed by atoms with Crippen molar-refractivity contribution in [1.29, 1.82) is 0 Å². The maximum Gasteiger partial charge on any atom is 0.192 e. The number of hydrogen-bond donors (Lipinski definition) is 3. The quantitative estimate of drug-likeness (QED) is 0.219. The van der Waals surface area contributed by atoms with E-state index in [0.717, 1.165) is 0 Å². The minimum atomic E-state index is -1.61. The Labute approximate surface area is 262 Å². The van der Waals surface area contributed by atoms with Gasteiger partial charge in [0.05, 0.1) is 9.81 Å². The molecule has 0 aromatic carbocycles. The summed E-state index contributed by atoms with van der Waals surface area (Å²) >= 11 is 24.2. The number of rotatable bonds is 2. The highest BCUT2D eigenvalue weighted by molar-refractivity contribution is 9.18. The lowest BCUT2D eigenvalue weighted by atomic mass is 10.2. The summed E-state index contributed by atoms with van der Waals surface area (Å²) in [6.45, 7) is 0. The van der Waals surface area contributed by atoms with Crippen LogP contribution in [0.3, 0.4) is 0 Å². The molecule has 15 heteroatoms. The Morgan fingerprint density at radius 1 is 0.553 bits per heavy atom. The molecule has 0 saturated heterocycles. The number of thioether (sulfide) groups is 3. The summed E-state index contributed by atoms with van der Waals surface area (Å²) in [5.41, 5.74) is 0. The van der Waals surface area contributed by atoms with Crippen LogP contribution >= 0.6 is 71.2 Å². The fourth-order valence-electron chi connectivity index (χ4n) is 1.74. The molecule has 3 aliphatic rings. The van der Waals surface area contributed by atoms with Crippen molar-refractivity contribution in [3.05, 3.63) is 70.6 Å². The van der Waals surface area contributed by atoms with Crippen LogP contribution in [0.4, 0.5) is 0 Å². The van der Waals surface area contributed by atoms with Crippen LogP contribution in [-0.2, 0) is 56.4 Å². The molecule has 0 aromatic heterocycles. The van der Waals surface area contributed by atoms with Crippen molar-refractivity contribution in [3.63, 3.8) is 0 Å². The van der Waals surface area contributed by atoms with Crippen molar-refractivity contribution in [3.8, 4) is 0 Å². The predicted octanol–water partition coefficient (Wildman–Crippen LogP) is 4.41. The van der Waals surface area contributed by atoms with Crippen LogP contribution in [0.25, 0.3) is 0 Å². The van der Waals surface area contributed by atoms with E-state index in [2.05, 4.69) is 58.3 Å². The minimum Gasteiger partial charge on any atom is -0.290 e. The van der Waals surface area contributed by atoms with Gasteiger partial charge in [-0.15, -0.1) is 23.5 Å². The van der Waals surface area contributed by atoms with Gasteiger partial charge in [0, 0.05) is 17.4 Å². The molecule has 0 bridgehead atoms. The van der Waals surface area contributed by atoms with Gasteiger partial charge in [0.2, 0.25) is 0 Å². The molecule has 0 fully saturated rings. The third-order valence-electron chi connectivity index (χ3n) is 3.09. The summed E-state index contributed by atoms with van der Waals surface area (Å²) in [6, 6.07) is 0. The first kappa shape index (κ1) is 41.8. The highest BCUT2D eigenvalue weighted by atomic mass is 33.8. The largest absolute Gasteiger partial charge is 0.290 e. The third kappa shape index (κ3) is 26.9. The number of ketones is 6. The summed E-state index contributed by atoms with van der Waals surface area (Å²) in [5.74, 6) is -0.610. The van der Waals surface area contributed by atoms with E-state index in [1.54, 1.807) is 30.5 Å². The summed E-state index contributed by atoms with van der Waals surface area (Å²) in [6.07, 6.45) is 22.2. The van der Waals surface area contributed by atoms with E-state index in [9.17, 15) is 28.8 Å². The Morgan fingerprint density at radius 3 is 0.947 bits per heavy atom. The lowest BCUT2D eigenvalue weighted by molar-refractivity contribution is -0.114. The van der Waals surface area contributed by atoms with Crippen LogP contribution in [0.2, 0.25) is 0 Å². The summed E-state index contributed by atoms with van der Waals surface area (Å²) in [5, 5.41) is -1.61. The maximum absolute atomic E-state index is 10.8. The van der Waals surface area contributed by atoms with Gasteiger partial charge in [-0.25, -0.2) is 0 Å². The molecule has 0 unspecified atom stereocenters. The van der Waals surface area contributed by atoms with Crippen LogP contribution in [0.15, 0.2) is 70.6 Å². The Morgan fingerprint density at radius 2 is 0.763 bits per heavy atom. The molecule has 3 rings (SSSR count). The molecule has 0 radical (unpaired) electrons. The lowest BCUT2D eigenvalue weighted by Gasteiger charge is -2.00. The monoisotopic (exact) mass is 688 g/mol. The van der Waals surface area contributed by atoms with E-state index in [4.69, 9.17) is 0 Å². The first-order valence-corrected chi connectivity index (χ1v) is 20.3. The standard InChI is InChI=1S/2C7H6O2S.C6H4O2.C2H6S.CH4S.H2S5/c2*1-10-7-4-5(8)2-3-6(7)9;7-5-1-2-6(8)4-3-5;1-3-2;1-2;1-5(2,3)4/h2*2-4H,1H3;1-4H;1-2H3;2H,1H3;(H2,1,2,3,4). The Hall–Kier alpha value is -0.650. The van der Waals surface area contributed by atoms with Crippen LogP contribution in [0.5, 0.6) is 0 Å². The van der Waals surface area contributed by atoms with Gasteiger partial charge in [-0.2, -0.15) is 24.4 Å². The van der Waals surface area contributed by atoms with E-state index < -0.39 is 5.21 Å².